The molecule has 0 unspecified atom stereocenters. The van der Waals surface area contributed by atoms with Gasteiger partial charge in [-0.25, -0.2) is 0 Å². The van der Waals surface area contributed by atoms with Gasteiger partial charge in [-0.05, 0) is 54.0 Å². The van der Waals surface area contributed by atoms with Crippen LogP contribution in [0.5, 0.6) is 23.0 Å². The number of halogens is 1. The summed E-state index contributed by atoms with van der Waals surface area (Å²) < 4.78 is 22.3. The van der Waals surface area contributed by atoms with Gasteiger partial charge in [0.15, 0.2) is 28.1 Å². The van der Waals surface area contributed by atoms with Crippen molar-refractivity contribution >= 4 is 35.1 Å². The number of benzene rings is 2. The second kappa shape index (κ2) is 11.9. The lowest BCUT2D eigenvalue weighted by Crippen LogP contribution is -2.23. The van der Waals surface area contributed by atoms with Gasteiger partial charge in [-0.15, -0.1) is 6.58 Å². The van der Waals surface area contributed by atoms with Crippen LogP contribution in [0.1, 0.15) is 11.1 Å². The summed E-state index contributed by atoms with van der Waals surface area (Å²) in [5.41, 5.74) is 9.58. The Hall–Kier alpha value is -2.97. The summed E-state index contributed by atoms with van der Waals surface area (Å²) in [6, 6.07) is 9.16. The zero-order valence-corrected chi connectivity index (χ0v) is 18.4. The molecule has 7 nitrogen and oxygen atoms in total. The SMILES string of the molecule is C=CCc1ccc(OCCOc2c(Cl)cc(/C=N\NC(N)=S)cc2OC)c(OC)c1. The third kappa shape index (κ3) is 6.82. The Balaban J connectivity index is 1.99. The predicted molar refractivity (Wildman–Crippen MR) is 123 cm³/mol. The van der Waals surface area contributed by atoms with E-state index in [9.17, 15) is 0 Å². The van der Waals surface area contributed by atoms with Gasteiger partial charge in [0.05, 0.1) is 25.5 Å². The average molecular weight is 450 g/mol. The molecule has 0 amide bonds. The van der Waals surface area contributed by atoms with Crippen molar-refractivity contribution in [1.29, 1.82) is 0 Å². The highest BCUT2D eigenvalue weighted by Gasteiger charge is 2.12. The van der Waals surface area contributed by atoms with Gasteiger partial charge in [0.1, 0.15) is 13.2 Å². The first-order valence-electron chi connectivity index (χ1n) is 8.98. The van der Waals surface area contributed by atoms with Gasteiger partial charge in [0.25, 0.3) is 0 Å². The van der Waals surface area contributed by atoms with Gasteiger partial charge < -0.3 is 24.7 Å². The maximum Gasteiger partial charge on any atom is 0.184 e. The van der Waals surface area contributed by atoms with E-state index in [1.807, 2.05) is 24.3 Å². The molecule has 0 aliphatic carbocycles. The number of hydrazone groups is 1. The number of hydrogen-bond acceptors (Lipinski definition) is 6. The topological polar surface area (TPSA) is 87.3 Å². The molecule has 0 saturated carbocycles. The molecule has 0 aromatic heterocycles. The van der Waals surface area contributed by atoms with Gasteiger partial charge in [0.2, 0.25) is 0 Å². The standard InChI is InChI=1S/C21H24ClN3O4S/c1-4-5-14-6-7-17(18(11-14)26-2)28-8-9-29-20-16(22)10-15(12-19(20)27-3)13-24-25-21(23)30/h4,6-7,10-13H,1,5,8-9H2,2-3H3,(H3,23,25,30)/b24-13-. The van der Waals surface area contributed by atoms with Crippen molar-refractivity contribution in [2.75, 3.05) is 27.4 Å². The molecule has 2 aromatic rings. The second-order valence-corrected chi connectivity index (χ2v) is 6.79. The smallest absolute Gasteiger partial charge is 0.184 e. The fourth-order valence-electron chi connectivity index (χ4n) is 2.55. The van der Waals surface area contributed by atoms with Crippen LogP contribution in [0.3, 0.4) is 0 Å². The first kappa shape index (κ1) is 23.3. The normalized spacial score (nSPS) is 10.5. The summed E-state index contributed by atoms with van der Waals surface area (Å²) in [7, 11) is 3.13. The van der Waals surface area contributed by atoms with Crippen LogP contribution in [-0.4, -0.2) is 38.8 Å². The van der Waals surface area contributed by atoms with Crippen molar-refractivity contribution < 1.29 is 18.9 Å². The molecule has 30 heavy (non-hydrogen) atoms. The molecule has 0 fully saturated rings. The lowest BCUT2D eigenvalue weighted by Gasteiger charge is -2.15. The Bertz CT molecular complexity index is 921. The summed E-state index contributed by atoms with van der Waals surface area (Å²) in [5.74, 6) is 2.16. The molecule has 0 spiro atoms. The number of rotatable bonds is 11. The second-order valence-electron chi connectivity index (χ2n) is 5.94. The van der Waals surface area contributed by atoms with E-state index >= 15 is 0 Å². The molecular formula is C21H24ClN3O4S. The van der Waals surface area contributed by atoms with Crippen LogP contribution in [0.4, 0.5) is 0 Å². The lowest BCUT2D eigenvalue weighted by atomic mass is 10.1. The minimum atomic E-state index is 0.0660. The zero-order chi connectivity index (χ0) is 21.9. The van der Waals surface area contributed by atoms with Gasteiger partial charge in [0, 0.05) is 0 Å². The Morgan fingerprint density at radius 3 is 2.53 bits per heavy atom. The lowest BCUT2D eigenvalue weighted by molar-refractivity contribution is 0.206. The number of allylic oxidation sites excluding steroid dienone is 1. The van der Waals surface area contributed by atoms with Crippen molar-refractivity contribution in [3.05, 3.63) is 59.1 Å². The number of nitrogens with one attached hydrogen (secondary N) is 1. The van der Waals surface area contributed by atoms with Gasteiger partial charge in [-0.1, -0.05) is 23.7 Å². The molecule has 2 rings (SSSR count). The highest BCUT2D eigenvalue weighted by molar-refractivity contribution is 7.80. The highest BCUT2D eigenvalue weighted by atomic mass is 35.5. The van der Waals surface area contributed by atoms with E-state index in [1.165, 1.54) is 13.3 Å². The van der Waals surface area contributed by atoms with E-state index in [4.69, 9.17) is 48.5 Å². The van der Waals surface area contributed by atoms with Crippen LogP contribution >= 0.6 is 23.8 Å². The van der Waals surface area contributed by atoms with E-state index in [1.54, 1.807) is 19.2 Å². The van der Waals surface area contributed by atoms with Crippen molar-refractivity contribution in [2.24, 2.45) is 10.8 Å². The summed E-state index contributed by atoms with van der Waals surface area (Å²) in [6.07, 6.45) is 4.11. The number of methoxy groups -OCH3 is 2. The number of thiocarbonyl (C=S) groups is 1. The minimum absolute atomic E-state index is 0.0660. The average Bonchev–Trinajstić information content (AvgIpc) is 2.72. The maximum absolute atomic E-state index is 6.34. The molecule has 0 bridgehead atoms. The first-order chi connectivity index (χ1) is 14.5. The van der Waals surface area contributed by atoms with Crippen LogP contribution < -0.4 is 30.1 Å². The monoisotopic (exact) mass is 449 g/mol. The van der Waals surface area contributed by atoms with E-state index < -0.39 is 0 Å². The van der Waals surface area contributed by atoms with Gasteiger partial charge >= 0.3 is 0 Å². The zero-order valence-electron chi connectivity index (χ0n) is 16.8. The molecule has 0 aliphatic rings. The summed E-state index contributed by atoms with van der Waals surface area (Å²) in [6.45, 7) is 4.28. The molecule has 3 N–H and O–H groups in total. The molecule has 2 aromatic carbocycles. The van der Waals surface area contributed by atoms with Crippen LogP contribution in [0.15, 0.2) is 48.1 Å². The number of hydrogen-bond donors (Lipinski definition) is 2. The Labute approximate surface area is 186 Å². The fourth-order valence-corrected chi connectivity index (χ4v) is 2.87. The summed E-state index contributed by atoms with van der Waals surface area (Å²) in [5, 5.41) is 4.34. The first-order valence-corrected chi connectivity index (χ1v) is 9.76. The molecule has 0 radical (unpaired) electrons. The largest absolute Gasteiger partial charge is 0.493 e. The van der Waals surface area contributed by atoms with E-state index in [-0.39, 0.29) is 18.3 Å². The van der Waals surface area contributed by atoms with Crippen molar-refractivity contribution in [1.82, 2.24) is 5.43 Å². The number of nitrogens with two attached hydrogens (primary N) is 1. The molecule has 160 valence electrons. The molecule has 9 heteroatoms. The fraction of sp³-hybridized carbons (Fsp3) is 0.238. The Kier molecular flexibility index (Phi) is 9.24. The highest BCUT2D eigenvalue weighted by Crippen LogP contribution is 2.36. The third-order valence-electron chi connectivity index (χ3n) is 3.84. The Morgan fingerprint density at radius 2 is 1.87 bits per heavy atom. The van der Waals surface area contributed by atoms with Crippen molar-refractivity contribution in [2.45, 2.75) is 6.42 Å². The molecule has 0 heterocycles. The van der Waals surface area contributed by atoms with Crippen LogP contribution in [0, 0.1) is 0 Å². The molecule has 0 atom stereocenters. The van der Waals surface area contributed by atoms with E-state index in [2.05, 4.69) is 17.1 Å². The predicted octanol–water partition coefficient (Wildman–Crippen LogP) is 3.71. The molecular weight excluding hydrogens is 426 g/mol. The number of nitrogens with zero attached hydrogens (tertiary/aromatic N) is 1. The van der Waals surface area contributed by atoms with Gasteiger partial charge in [-0.2, -0.15) is 5.10 Å². The summed E-state index contributed by atoms with van der Waals surface area (Å²) in [4.78, 5) is 0. The Morgan fingerprint density at radius 1 is 1.13 bits per heavy atom. The maximum atomic E-state index is 6.34. The minimum Gasteiger partial charge on any atom is -0.493 e. The van der Waals surface area contributed by atoms with Crippen LogP contribution in [-0.2, 0) is 6.42 Å². The third-order valence-corrected chi connectivity index (χ3v) is 4.21. The van der Waals surface area contributed by atoms with E-state index in [0.29, 0.717) is 33.6 Å². The van der Waals surface area contributed by atoms with Crippen molar-refractivity contribution in [3.63, 3.8) is 0 Å². The molecule has 0 saturated heterocycles. The van der Waals surface area contributed by atoms with Crippen molar-refractivity contribution in [3.8, 4) is 23.0 Å². The summed E-state index contributed by atoms with van der Waals surface area (Å²) >= 11 is 11.0. The number of ether oxygens (including phenoxy) is 4. The van der Waals surface area contributed by atoms with Gasteiger partial charge in [-0.3, -0.25) is 5.43 Å². The molecule has 0 aliphatic heterocycles. The van der Waals surface area contributed by atoms with Crippen LogP contribution in [0.2, 0.25) is 5.02 Å². The van der Waals surface area contributed by atoms with Crippen LogP contribution in [0.25, 0.3) is 0 Å². The quantitative estimate of drug-likeness (QED) is 0.178. The van der Waals surface area contributed by atoms with E-state index in [0.717, 1.165) is 12.0 Å².